The van der Waals surface area contributed by atoms with Crippen LogP contribution in [0.15, 0.2) is 217 Å². The highest BCUT2D eigenvalue weighted by Gasteiger charge is 2.24. The Bertz CT molecular complexity index is 4580. The molecule has 10 aromatic carbocycles. The summed E-state index contributed by atoms with van der Waals surface area (Å²) in [7, 11) is 0. The lowest BCUT2D eigenvalue weighted by Gasteiger charge is -2.14. The molecule has 5 heterocycles. The lowest BCUT2D eigenvalue weighted by atomic mass is 10.0. The van der Waals surface area contributed by atoms with E-state index in [0.717, 1.165) is 87.5 Å². The Morgan fingerprint density at radius 2 is 0.985 bits per heavy atom. The summed E-state index contributed by atoms with van der Waals surface area (Å²) in [6.45, 7) is 0. The Morgan fingerprint density at radius 1 is 0.382 bits per heavy atom. The Hall–Kier alpha value is -8.91. The molecule has 0 atom stereocenters. The minimum Gasteiger partial charge on any atom is -0.456 e. The van der Waals surface area contributed by atoms with Crippen molar-refractivity contribution in [3.05, 3.63) is 212 Å². The van der Waals surface area contributed by atoms with Gasteiger partial charge in [-0.2, -0.15) is 0 Å². The summed E-state index contributed by atoms with van der Waals surface area (Å²) >= 11 is 1.78. The molecule has 0 unspecified atom stereocenters. The molecule has 316 valence electrons. The second kappa shape index (κ2) is 14.3. The van der Waals surface area contributed by atoms with Gasteiger partial charge in [-0.15, -0.1) is 11.3 Å². The van der Waals surface area contributed by atoms with Gasteiger partial charge in [0.05, 0.1) is 33.1 Å². The highest BCUT2D eigenvalue weighted by atomic mass is 32.1. The molecule has 15 aromatic rings. The highest BCUT2D eigenvalue weighted by Crippen LogP contribution is 2.44. The topological polar surface area (TPSA) is 61.7 Å². The summed E-state index contributed by atoms with van der Waals surface area (Å²) in [5, 5.41) is 11.5. The number of furan rings is 1. The van der Waals surface area contributed by atoms with E-state index in [2.05, 4.69) is 215 Å². The van der Waals surface area contributed by atoms with E-state index in [9.17, 15) is 0 Å². The third-order valence-electron chi connectivity index (χ3n) is 13.7. The number of thiophene rings is 1. The third-order valence-corrected chi connectivity index (χ3v) is 14.9. The predicted molar refractivity (Wildman–Crippen MR) is 282 cm³/mol. The van der Waals surface area contributed by atoms with Crippen LogP contribution in [0.5, 0.6) is 0 Å². The van der Waals surface area contributed by atoms with Crippen molar-refractivity contribution in [2.45, 2.75) is 0 Å². The van der Waals surface area contributed by atoms with E-state index in [1.807, 2.05) is 6.07 Å². The summed E-state index contributed by atoms with van der Waals surface area (Å²) < 4.78 is 14.0. The van der Waals surface area contributed by atoms with E-state index in [1.165, 1.54) is 37.0 Å². The first-order valence-electron chi connectivity index (χ1n) is 22.8. The van der Waals surface area contributed by atoms with E-state index < -0.39 is 0 Å². The Morgan fingerprint density at radius 3 is 1.81 bits per heavy atom. The lowest BCUT2D eigenvalue weighted by molar-refractivity contribution is 0.669. The van der Waals surface area contributed by atoms with Crippen LogP contribution in [0.2, 0.25) is 0 Å². The molecule has 0 N–H and O–H groups in total. The Kier molecular flexibility index (Phi) is 7.85. The van der Waals surface area contributed by atoms with Crippen molar-refractivity contribution in [2.75, 3.05) is 0 Å². The first-order chi connectivity index (χ1) is 33.7. The molecule has 0 spiro atoms. The Labute approximate surface area is 392 Å². The molecule has 7 heteroatoms. The molecule has 0 bridgehead atoms. The van der Waals surface area contributed by atoms with Crippen molar-refractivity contribution in [3.8, 4) is 45.5 Å². The zero-order valence-electron chi connectivity index (χ0n) is 36.3. The fraction of sp³-hybridized carbons (Fsp3) is 0. The van der Waals surface area contributed by atoms with Crippen LogP contribution in [0, 0.1) is 0 Å². The van der Waals surface area contributed by atoms with E-state index in [-0.39, 0.29) is 0 Å². The number of nitrogens with zero attached hydrogens (tertiary/aromatic N) is 5. The molecule has 0 aliphatic rings. The first kappa shape index (κ1) is 37.3. The van der Waals surface area contributed by atoms with Gasteiger partial charge in [0.15, 0.2) is 17.5 Å². The summed E-state index contributed by atoms with van der Waals surface area (Å²) in [5.41, 5.74) is 10.7. The normalized spacial score (nSPS) is 12.1. The minimum atomic E-state index is 0.553. The molecule has 6 nitrogen and oxygen atoms in total. The minimum absolute atomic E-state index is 0.553. The van der Waals surface area contributed by atoms with Gasteiger partial charge in [0.2, 0.25) is 0 Å². The Balaban J connectivity index is 1.06. The van der Waals surface area contributed by atoms with Crippen molar-refractivity contribution in [1.29, 1.82) is 0 Å². The quantitative estimate of drug-likeness (QED) is 0.173. The van der Waals surface area contributed by atoms with Gasteiger partial charge in [0.1, 0.15) is 11.2 Å². The molecule has 0 amide bonds. The van der Waals surface area contributed by atoms with Crippen LogP contribution in [-0.4, -0.2) is 24.1 Å². The first-order valence-corrected chi connectivity index (χ1v) is 23.7. The van der Waals surface area contributed by atoms with Gasteiger partial charge in [-0.25, -0.2) is 15.0 Å². The smallest absolute Gasteiger partial charge is 0.166 e. The third kappa shape index (κ3) is 5.42. The monoisotopic (exact) mass is 885 g/mol. The zero-order valence-corrected chi connectivity index (χ0v) is 37.1. The molecule has 15 rings (SSSR count). The number of benzene rings is 10. The standard InChI is InChI=1S/C61H35N5OS/c1-2-18-39(19-3-1)65-49-28-10-6-20-40(49)43-24-14-26-46(57(43)65)60-62-59(63-61(64-60)47-27-15-25-44-42-22-9-13-31-55(42)68-58(44)47)38-34-52(56-45-23-8-12-30-53(45)67-54(56)35-38)66-50-29-11-7-21-41(50)48-32-36-16-4-5-17-37(36)33-51(48)66/h1-35H. The summed E-state index contributed by atoms with van der Waals surface area (Å²) in [5.74, 6) is 1.75. The van der Waals surface area contributed by atoms with Crippen LogP contribution in [0.3, 0.4) is 0 Å². The van der Waals surface area contributed by atoms with Crippen LogP contribution in [0.25, 0.3) is 142 Å². The average molecular weight is 886 g/mol. The van der Waals surface area contributed by atoms with Crippen LogP contribution >= 0.6 is 11.3 Å². The summed E-state index contributed by atoms with van der Waals surface area (Å²) in [6, 6.07) is 75.4. The second-order valence-corrected chi connectivity index (χ2v) is 18.6. The molecule has 0 fully saturated rings. The zero-order chi connectivity index (χ0) is 44.5. The molecule has 5 aromatic heterocycles. The second-order valence-electron chi connectivity index (χ2n) is 17.5. The van der Waals surface area contributed by atoms with Crippen LogP contribution < -0.4 is 0 Å². The molecule has 0 radical (unpaired) electrons. The maximum absolute atomic E-state index is 6.84. The van der Waals surface area contributed by atoms with Crippen molar-refractivity contribution in [1.82, 2.24) is 24.1 Å². The average Bonchev–Trinajstić information content (AvgIpc) is 4.15. The number of fused-ring (bicyclic) bond motifs is 13. The van der Waals surface area contributed by atoms with E-state index in [4.69, 9.17) is 19.4 Å². The van der Waals surface area contributed by atoms with Gasteiger partial charge in [0, 0.05) is 69.5 Å². The largest absolute Gasteiger partial charge is 0.456 e. The number of para-hydroxylation sites is 5. The van der Waals surface area contributed by atoms with E-state index in [1.54, 1.807) is 11.3 Å². The summed E-state index contributed by atoms with van der Waals surface area (Å²) in [6.07, 6.45) is 0. The van der Waals surface area contributed by atoms with E-state index >= 15 is 0 Å². The van der Waals surface area contributed by atoms with Crippen LogP contribution in [0.4, 0.5) is 0 Å². The SMILES string of the molecule is c1ccc(-n2c3ccccc3c3cccc(-c4nc(-c5cc(-n6c7ccccc7c7cc8ccccc8cc76)c6c(c5)oc5ccccc56)nc(-c5cccc6c5sc5ccccc56)n4)c32)cc1. The van der Waals surface area contributed by atoms with Crippen LogP contribution in [0.1, 0.15) is 0 Å². The van der Waals surface area contributed by atoms with Gasteiger partial charge in [0.25, 0.3) is 0 Å². The molecule has 0 saturated heterocycles. The number of rotatable bonds is 5. The molecular weight excluding hydrogens is 851 g/mol. The van der Waals surface area contributed by atoms with Gasteiger partial charge < -0.3 is 13.6 Å². The molecule has 0 aliphatic heterocycles. The van der Waals surface area contributed by atoms with E-state index in [0.29, 0.717) is 17.5 Å². The lowest BCUT2D eigenvalue weighted by Crippen LogP contribution is -2.03. The van der Waals surface area contributed by atoms with Crippen molar-refractivity contribution >= 4 is 108 Å². The number of hydrogen-bond donors (Lipinski definition) is 0. The van der Waals surface area contributed by atoms with Gasteiger partial charge in [-0.1, -0.05) is 140 Å². The van der Waals surface area contributed by atoms with Crippen LogP contribution in [-0.2, 0) is 0 Å². The molecule has 68 heavy (non-hydrogen) atoms. The fourth-order valence-corrected chi connectivity index (χ4v) is 12.0. The maximum Gasteiger partial charge on any atom is 0.166 e. The van der Waals surface area contributed by atoms with Gasteiger partial charge in [-0.3, -0.25) is 0 Å². The highest BCUT2D eigenvalue weighted by molar-refractivity contribution is 7.26. The predicted octanol–water partition coefficient (Wildman–Crippen LogP) is 16.5. The summed E-state index contributed by atoms with van der Waals surface area (Å²) in [4.78, 5) is 16.5. The molecule has 0 aliphatic carbocycles. The fourth-order valence-electron chi connectivity index (χ4n) is 10.8. The van der Waals surface area contributed by atoms with Crippen molar-refractivity contribution in [3.63, 3.8) is 0 Å². The van der Waals surface area contributed by atoms with Crippen molar-refractivity contribution in [2.24, 2.45) is 0 Å². The molecular formula is C61H35N5OS. The molecule has 0 saturated carbocycles. The van der Waals surface area contributed by atoms with Crippen molar-refractivity contribution < 1.29 is 4.42 Å². The number of hydrogen-bond acceptors (Lipinski definition) is 5. The maximum atomic E-state index is 6.84. The number of aromatic nitrogens is 5. The van der Waals surface area contributed by atoms with Gasteiger partial charge in [-0.05, 0) is 83.6 Å². The van der Waals surface area contributed by atoms with Gasteiger partial charge >= 0.3 is 0 Å².